The van der Waals surface area contributed by atoms with Crippen LogP contribution in [0.1, 0.15) is 157 Å². The van der Waals surface area contributed by atoms with Crippen LogP contribution in [0, 0.1) is 65.7 Å². The molecule has 0 aliphatic heterocycles. The van der Waals surface area contributed by atoms with E-state index in [1.807, 2.05) is 41.5 Å². The van der Waals surface area contributed by atoms with E-state index in [1.165, 1.54) is 33.6 Å². The summed E-state index contributed by atoms with van der Waals surface area (Å²) in [7, 11) is -3.85. The van der Waals surface area contributed by atoms with Gasteiger partial charge in [0.15, 0.2) is 11.6 Å². The van der Waals surface area contributed by atoms with E-state index in [0.717, 1.165) is 85.4 Å². The molecule has 12 nitrogen and oxygen atoms in total. The number of aryl methyl sites for hydroxylation is 7. The SMILES string of the molecule is CCCCC(CC)CN(c1cc(C)c(N=Nc2c(C#N)c(C(C)(C)C)nn2-c2nc3ccc(S(=O)(=O)NC(C)(CC)CCCC)cc3s2)c(Nc2c(C)cc(C)cc2C)n1)c1c(C)cc(C)cc1C. The van der Waals surface area contributed by atoms with Crippen LogP contribution in [0.3, 0.4) is 0 Å². The zero-order valence-corrected chi connectivity index (χ0v) is 45.4. The standard InChI is InChI=1S/C55H74N10O2S2/c1-16-20-22-41(18-3)33-64(49-39(10)28-35(6)29-40(49)11)46-30-38(9)48(51(58-46)59-47-36(7)26-34(5)27-37(47)8)60-61-52-43(32-56)50(54(12,13)14)62-65(52)53-57-44-24-23-42(31-45(44)68-53)69(66,67)63-55(15,19-4)25-21-17-2/h23-24,26-31,41,63H,16-22,25,33H2,1-15H3,(H,58,59). The summed E-state index contributed by atoms with van der Waals surface area (Å²) in [5.41, 5.74) is 10.7. The summed E-state index contributed by atoms with van der Waals surface area (Å²) in [6.45, 7) is 32.3. The number of fused-ring (bicyclic) bond motifs is 1. The first-order chi connectivity index (χ1) is 32.6. The molecule has 6 aromatic rings. The van der Waals surface area contributed by atoms with Gasteiger partial charge < -0.3 is 10.2 Å². The molecular formula is C55H74N10O2S2. The number of aromatic nitrogens is 4. The van der Waals surface area contributed by atoms with Gasteiger partial charge in [-0.05, 0) is 133 Å². The van der Waals surface area contributed by atoms with Gasteiger partial charge in [-0.3, -0.25) is 0 Å². The molecule has 0 radical (unpaired) electrons. The number of rotatable bonds is 20. The second kappa shape index (κ2) is 21.7. The Kier molecular flexibility index (Phi) is 16.6. The number of thiazole rings is 1. The van der Waals surface area contributed by atoms with E-state index in [2.05, 4.69) is 114 Å². The van der Waals surface area contributed by atoms with E-state index in [0.29, 0.717) is 44.9 Å². The second-order valence-electron chi connectivity index (χ2n) is 20.4. The van der Waals surface area contributed by atoms with Gasteiger partial charge in [0.2, 0.25) is 15.2 Å². The lowest BCUT2D eigenvalue weighted by molar-refractivity contribution is 0.362. The molecular weight excluding hydrogens is 897 g/mol. The van der Waals surface area contributed by atoms with Crippen LogP contribution in [0.15, 0.2) is 63.7 Å². The van der Waals surface area contributed by atoms with Crippen molar-refractivity contribution in [1.29, 1.82) is 5.26 Å². The number of anilines is 4. The fourth-order valence-electron chi connectivity index (χ4n) is 9.33. The summed E-state index contributed by atoms with van der Waals surface area (Å²) in [5, 5.41) is 29.9. The molecule has 3 aromatic carbocycles. The summed E-state index contributed by atoms with van der Waals surface area (Å²) in [5.74, 6) is 2.02. The molecule has 0 amide bonds. The molecule has 3 aromatic heterocycles. The Morgan fingerprint density at radius 3 is 2.04 bits per heavy atom. The molecule has 0 fully saturated rings. The Bertz CT molecular complexity index is 2960. The first-order valence-corrected chi connectivity index (χ1v) is 27.0. The average Bonchev–Trinajstić information content (AvgIpc) is 3.88. The van der Waals surface area contributed by atoms with Crippen LogP contribution >= 0.6 is 11.3 Å². The van der Waals surface area contributed by atoms with Gasteiger partial charge in [-0.25, -0.2) is 23.1 Å². The largest absolute Gasteiger partial charge is 0.338 e. The summed E-state index contributed by atoms with van der Waals surface area (Å²) in [6.07, 6.45) is 7.79. The Balaban J connectivity index is 1.54. The van der Waals surface area contributed by atoms with Crippen molar-refractivity contribution in [3.63, 3.8) is 0 Å². The minimum absolute atomic E-state index is 0.165. The van der Waals surface area contributed by atoms with Crippen molar-refractivity contribution in [3.05, 3.63) is 98.7 Å². The first-order valence-electron chi connectivity index (χ1n) is 24.7. The van der Waals surface area contributed by atoms with Gasteiger partial charge in [0.1, 0.15) is 23.1 Å². The van der Waals surface area contributed by atoms with Crippen LogP contribution in [-0.2, 0) is 15.4 Å². The number of benzene rings is 3. The second-order valence-corrected chi connectivity index (χ2v) is 23.1. The number of azo groups is 1. The molecule has 14 heteroatoms. The Morgan fingerprint density at radius 2 is 1.46 bits per heavy atom. The lowest BCUT2D eigenvalue weighted by atomic mass is 9.90. The predicted molar refractivity (Wildman–Crippen MR) is 287 cm³/mol. The Hall–Kier alpha value is -5.49. The molecule has 69 heavy (non-hydrogen) atoms. The normalized spacial score (nSPS) is 13.5. The third-order valence-corrected chi connectivity index (χ3v) is 15.9. The summed E-state index contributed by atoms with van der Waals surface area (Å²) in [4.78, 5) is 13.0. The number of hydrogen-bond donors (Lipinski definition) is 2. The molecule has 3 heterocycles. The third-order valence-electron chi connectivity index (χ3n) is 13.3. The van der Waals surface area contributed by atoms with Gasteiger partial charge in [0.05, 0.1) is 20.8 Å². The van der Waals surface area contributed by atoms with Gasteiger partial charge in [-0.15, -0.1) is 10.2 Å². The van der Waals surface area contributed by atoms with Crippen molar-refractivity contribution in [2.75, 3.05) is 16.8 Å². The highest BCUT2D eigenvalue weighted by molar-refractivity contribution is 7.89. The number of nitrogens with one attached hydrogen (secondary N) is 2. The van der Waals surface area contributed by atoms with Gasteiger partial charge in [0.25, 0.3) is 0 Å². The van der Waals surface area contributed by atoms with E-state index in [9.17, 15) is 13.7 Å². The molecule has 0 spiro atoms. The summed E-state index contributed by atoms with van der Waals surface area (Å²) < 4.78 is 32.9. The number of pyridine rings is 1. The summed E-state index contributed by atoms with van der Waals surface area (Å²) >= 11 is 1.28. The van der Waals surface area contributed by atoms with Gasteiger partial charge in [-0.1, -0.05) is 127 Å². The monoisotopic (exact) mass is 971 g/mol. The fraction of sp³-hybridized carbons (Fsp3) is 0.491. The van der Waals surface area contributed by atoms with Gasteiger partial charge in [0, 0.05) is 28.9 Å². The van der Waals surface area contributed by atoms with E-state index < -0.39 is 21.0 Å². The van der Waals surface area contributed by atoms with Crippen molar-refractivity contribution in [3.8, 4) is 11.2 Å². The molecule has 6 rings (SSSR count). The first kappa shape index (κ1) is 52.9. The smallest absolute Gasteiger partial charge is 0.241 e. The van der Waals surface area contributed by atoms with Crippen LogP contribution in [0.2, 0.25) is 0 Å². The molecule has 2 N–H and O–H groups in total. The van der Waals surface area contributed by atoms with Crippen molar-refractivity contribution < 1.29 is 8.42 Å². The van der Waals surface area contributed by atoms with Crippen LogP contribution in [0.25, 0.3) is 15.3 Å². The zero-order chi connectivity index (χ0) is 50.6. The highest BCUT2D eigenvalue weighted by Crippen LogP contribution is 2.42. The maximum atomic E-state index is 13.8. The zero-order valence-electron chi connectivity index (χ0n) is 43.8. The maximum Gasteiger partial charge on any atom is 0.241 e. The molecule has 2 unspecified atom stereocenters. The van der Waals surface area contributed by atoms with Crippen molar-refractivity contribution in [1.82, 2.24) is 24.5 Å². The fourth-order valence-corrected chi connectivity index (χ4v) is 11.9. The van der Waals surface area contributed by atoms with Crippen molar-refractivity contribution >= 4 is 66.1 Å². The predicted octanol–water partition coefficient (Wildman–Crippen LogP) is 15.4. The van der Waals surface area contributed by atoms with Crippen LogP contribution < -0.4 is 14.9 Å². The number of nitrogens with zero attached hydrogens (tertiary/aromatic N) is 8. The number of nitriles is 1. The molecule has 0 saturated heterocycles. The van der Waals surface area contributed by atoms with E-state index in [4.69, 9.17) is 25.3 Å². The quantitative estimate of drug-likeness (QED) is 0.0717. The van der Waals surface area contributed by atoms with Crippen LogP contribution in [0.5, 0.6) is 0 Å². The van der Waals surface area contributed by atoms with Gasteiger partial charge in [-0.2, -0.15) is 15.0 Å². The number of sulfonamides is 1. The number of unbranched alkanes of at least 4 members (excludes halogenated alkanes) is 2. The lowest BCUT2D eigenvalue weighted by Crippen LogP contribution is -2.45. The number of hydrogen-bond acceptors (Lipinski definition) is 11. The molecule has 0 bridgehead atoms. The maximum absolute atomic E-state index is 13.8. The molecule has 368 valence electrons. The Labute approximate surface area is 416 Å². The Morgan fingerprint density at radius 1 is 0.826 bits per heavy atom. The average molecular weight is 971 g/mol. The lowest BCUT2D eigenvalue weighted by Gasteiger charge is -2.32. The van der Waals surface area contributed by atoms with Gasteiger partial charge >= 0.3 is 0 Å². The molecule has 0 aliphatic rings. The molecule has 0 saturated carbocycles. The molecule has 0 aliphatic carbocycles. The molecule has 2 atom stereocenters. The van der Waals surface area contributed by atoms with Crippen molar-refractivity contribution in [2.45, 2.75) is 171 Å². The van der Waals surface area contributed by atoms with E-state index >= 15 is 0 Å². The topological polar surface area (TPSA) is 154 Å². The summed E-state index contributed by atoms with van der Waals surface area (Å²) in [6, 6.07) is 18.3. The highest BCUT2D eigenvalue weighted by Gasteiger charge is 2.32. The minimum atomic E-state index is -3.85. The third kappa shape index (κ3) is 11.9. The van der Waals surface area contributed by atoms with Crippen molar-refractivity contribution in [2.24, 2.45) is 16.1 Å². The van der Waals surface area contributed by atoms with E-state index in [1.54, 1.807) is 22.9 Å². The van der Waals surface area contributed by atoms with Crippen LogP contribution in [-0.4, -0.2) is 40.2 Å². The minimum Gasteiger partial charge on any atom is -0.338 e. The van der Waals surface area contributed by atoms with Crippen LogP contribution in [0.4, 0.5) is 34.5 Å². The van der Waals surface area contributed by atoms with E-state index in [-0.39, 0.29) is 16.3 Å². The highest BCUT2D eigenvalue weighted by atomic mass is 32.2.